The number of thiophene rings is 1. The Kier molecular flexibility index (Phi) is 7.37. The molecule has 0 N–H and O–H groups in total. The van der Waals surface area contributed by atoms with Gasteiger partial charge in [-0.15, -0.1) is 11.3 Å². The van der Waals surface area contributed by atoms with Gasteiger partial charge in [0.2, 0.25) is 0 Å². The first-order valence-electron chi connectivity index (χ1n) is 19.4. The third-order valence-corrected chi connectivity index (χ3v) is 12.4. The quantitative estimate of drug-likeness (QED) is 0.175. The number of aromatic nitrogens is 3. The summed E-state index contributed by atoms with van der Waals surface area (Å²) in [4.78, 5) is 15.6. The van der Waals surface area contributed by atoms with Gasteiger partial charge in [0.05, 0.1) is 0 Å². The molecule has 0 saturated carbocycles. The molecule has 12 rings (SSSR count). The number of para-hydroxylation sites is 1. The summed E-state index contributed by atoms with van der Waals surface area (Å²) in [5, 5.41) is 9.26. The van der Waals surface area contributed by atoms with Gasteiger partial charge in [0, 0.05) is 47.6 Å². The number of rotatable bonds is 5. The molecule has 270 valence electrons. The van der Waals surface area contributed by atoms with Gasteiger partial charge in [0.25, 0.3) is 0 Å². The van der Waals surface area contributed by atoms with Crippen molar-refractivity contribution < 1.29 is 4.42 Å². The SMILES string of the molecule is c1ccc(-c2nc(-c3cc(-c4cc(-c5ccc6ccccc6c5)cc5oc6ccccc6c45)c4ccccc4c3)nc(-c3ccc4sc5ccccc5c4c3)n2)cc1. The molecular formula is C53H31N3OS. The van der Waals surface area contributed by atoms with Gasteiger partial charge in [-0.3, -0.25) is 0 Å². The average molecular weight is 758 g/mol. The van der Waals surface area contributed by atoms with Gasteiger partial charge < -0.3 is 4.42 Å². The lowest BCUT2D eigenvalue weighted by Gasteiger charge is -2.15. The summed E-state index contributed by atoms with van der Waals surface area (Å²) in [6.07, 6.45) is 0. The second-order valence-corrected chi connectivity index (χ2v) is 15.9. The van der Waals surface area contributed by atoms with E-state index in [2.05, 4.69) is 164 Å². The molecule has 0 aliphatic carbocycles. The van der Waals surface area contributed by atoms with Crippen molar-refractivity contribution in [3.8, 4) is 56.4 Å². The van der Waals surface area contributed by atoms with Crippen molar-refractivity contribution in [2.45, 2.75) is 0 Å². The van der Waals surface area contributed by atoms with Crippen molar-refractivity contribution in [1.82, 2.24) is 15.0 Å². The minimum Gasteiger partial charge on any atom is -0.456 e. The summed E-state index contributed by atoms with van der Waals surface area (Å²) in [6, 6.07) is 66.4. The third-order valence-electron chi connectivity index (χ3n) is 11.3. The molecular weight excluding hydrogens is 727 g/mol. The van der Waals surface area contributed by atoms with Gasteiger partial charge in [-0.2, -0.15) is 0 Å². The van der Waals surface area contributed by atoms with Crippen LogP contribution in [0, 0.1) is 0 Å². The molecule has 0 unspecified atom stereocenters. The highest BCUT2D eigenvalue weighted by atomic mass is 32.1. The van der Waals surface area contributed by atoms with E-state index in [0.29, 0.717) is 17.5 Å². The van der Waals surface area contributed by atoms with E-state index in [1.807, 2.05) is 35.6 Å². The van der Waals surface area contributed by atoms with Crippen molar-refractivity contribution in [1.29, 1.82) is 0 Å². The van der Waals surface area contributed by atoms with E-state index in [4.69, 9.17) is 19.4 Å². The van der Waals surface area contributed by atoms with Gasteiger partial charge in [-0.05, 0) is 104 Å². The van der Waals surface area contributed by atoms with Crippen LogP contribution in [0.5, 0.6) is 0 Å². The van der Waals surface area contributed by atoms with Crippen molar-refractivity contribution in [2.24, 2.45) is 0 Å². The molecule has 3 heterocycles. The molecule has 3 aromatic heterocycles. The van der Waals surface area contributed by atoms with E-state index >= 15 is 0 Å². The maximum Gasteiger partial charge on any atom is 0.164 e. The molecule has 0 saturated heterocycles. The molecule has 0 aliphatic rings. The van der Waals surface area contributed by atoms with Crippen molar-refractivity contribution in [3.05, 3.63) is 188 Å². The molecule has 0 amide bonds. The lowest BCUT2D eigenvalue weighted by Crippen LogP contribution is -2.00. The summed E-state index contributed by atoms with van der Waals surface area (Å²) >= 11 is 1.81. The fraction of sp³-hybridized carbons (Fsp3) is 0. The zero-order valence-electron chi connectivity index (χ0n) is 31.1. The van der Waals surface area contributed by atoms with Crippen LogP contribution in [-0.4, -0.2) is 15.0 Å². The van der Waals surface area contributed by atoms with Crippen molar-refractivity contribution in [2.75, 3.05) is 0 Å². The van der Waals surface area contributed by atoms with Crippen LogP contribution in [0.3, 0.4) is 0 Å². The van der Waals surface area contributed by atoms with Gasteiger partial charge >= 0.3 is 0 Å². The van der Waals surface area contributed by atoms with Crippen LogP contribution < -0.4 is 0 Å². The highest BCUT2D eigenvalue weighted by molar-refractivity contribution is 7.25. The molecule has 9 aromatic carbocycles. The van der Waals surface area contributed by atoms with E-state index in [1.54, 1.807) is 0 Å². The Morgan fingerprint density at radius 2 is 0.948 bits per heavy atom. The van der Waals surface area contributed by atoms with Crippen molar-refractivity contribution >= 4 is 75.0 Å². The minimum absolute atomic E-state index is 0.616. The summed E-state index contributed by atoms with van der Waals surface area (Å²) in [7, 11) is 0. The topological polar surface area (TPSA) is 51.8 Å². The van der Waals surface area contributed by atoms with E-state index in [-0.39, 0.29) is 0 Å². The van der Waals surface area contributed by atoms with E-state index in [9.17, 15) is 0 Å². The predicted octanol–water partition coefficient (Wildman–Crippen LogP) is 14.8. The first-order valence-corrected chi connectivity index (χ1v) is 20.2. The van der Waals surface area contributed by atoms with Crippen LogP contribution in [0.1, 0.15) is 0 Å². The Bertz CT molecular complexity index is 3590. The van der Waals surface area contributed by atoms with E-state index in [0.717, 1.165) is 71.7 Å². The summed E-state index contributed by atoms with van der Waals surface area (Å²) < 4.78 is 9.15. The molecule has 12 aromatic rings. The van der Waals surface area contributed by atoms with Gasteiger partial charge in [-0.25, -0.2) is 15.0 Å². The zero-order valence-corrected chi connectivity index (χ0v) is 31.9. The third kappa shape index (κ3) is 5.40. The maximum atomic E-state index is 6.64. The number of hydrogen-bond acceptors (Lipinski definition) is 5. The zero-order chi connectivity index (χ0) is 38.2. The summed E-state index contributed by atoms with van der Waals surface area (Å²) in [5.74, 6) is 1.88. The first-order chi connectivity index (χ1) is 28.7. The second-order valence-electron chi connectivity index (χ2n) is 14.8. The largest absolute Gasteiger partial charge is 0.456 e. The normalized spacial score (nSPS) is 11.8. The Morgan fingerprint density at radius 3 is 1.81 bits per heavy atom. The molecule has 0 spiro atoms. The number of benzene rings is 9. The molecule has 0 atom stereocenters. The average Bonchev–Trinajstić information content (AvgIpc) is 3.86. The maximum absolute atomic E-state index is 6.64. The van der Waals surface area contributed by atoms with Crippen LogP contribution >= 0.6 is 11.3 Å². The van der Waals surface area contributed by atoms with E-state index < -0.39 is 0 Å². The highest BCUT2D eigenvalue weighted by Crippen LogP contribution is 2.44. The van der Waals surface area contributed by atoms with Crippen LogP contribution in [0.15, 0.2) is 192 Å². The lowest BCUT2D eigenvalue weighted by atomic mass is 9.90. The lowest BCUT2D eigenvalue weighted by molar-refractivity contribution is 0.669. The Morgan fingerprint density at radius 1 is 0.328 bits per heavy atom. The van der Waals surface area contributed by atoms with Crippen LogP contribution in [0.25, 0.3) is 120 Å². The number of furan rings is 1. The fourth-order valence-electron chi connectivity index (χ4n) is 8.48. The van der Waals surface area contributed by atoms with Crippen LogP contribution in [0.2, 0.25) is 0 Å². The van der Waals surface area contributed by atoms with Gasteiger partial charge in [0.15, 0.2) is 17.5 Å². The Labute approximate surface area is 337 Å². The summed E-state index contributed by atoms with van der Waals surface area (Å²) in [5.41, 5.74) is 8.91. The Hall–Kier alpha value is -7.47. The highest BCUT2D eigenvalue weighted by Gasteiger charge is 2.20. The molecule has 0 fully saturated rings. The molecule has 5 heteroatoms. The van der Waals surface area contributed by atoms with Crippen LogP contribution in [0.4, 0.5) is 0 Å². The minimum atomic E-state index is 0.616. The first kappa shape index (κ1) is 32.7. The molecule has 0 aliphatic heterocycles. The monoisotopic (exact) mass is 757 g/mol. The number of nitrogens with zero attached hydrogens (tertiary/aromatic N) is 3. The molecule has 58 heavy (non-hydrogen) atoms. The second kappa shape index (κ2) is 13.1. The molecule has 0 bridgehead atoms. The number of hydrogen-bond donors (Lipinski definition) is 0. The fourth-order valence-corrected chi connectivity index (χ4v) is 9.57. The van der Waals surface area contributed by atoms with Gasteiger partial charge in [-0.1, -0.05) is 127 Å². The Balaban J connectivity index is 1.11. The van der Waals surface area contributed by atoms with E-state index in [1.165, 1.54) is 30.9 Å². The van der Waals surface area contributed by atoms with Crippen LogP contribution in [-0.2, 0) is 0 Å². The summed E-state index contributed by atoms with van der Waals surface area (Å²) in [6.45, 7) is 0. The van der Waals surface area contributed by atoms with Gasteiger partial charge in [0.1, 0.15) is 11.2 Å². The number of fused-ring (bicyclic) bond motifs is 8. The molecule has 0 radical (unpaired) electrons. The molecule has 4 nitrogen and oxygen atoms in total. The van der Waals surface area contributed by atoms with Crippen molar-refractivity contribution in [3.63, 3.8) is 0 Å². The predicted molar refractivity (Wildman–Crippen MR) is 242 cm³/mol. The standard InChI is InChI=1S/C53H31N3OS/c1-2-13-33(14-3-1)51-54-52(37-24-25-49-44(28-37)41-18-9-11-21-48(41)58-49)56-53(55-51)39-27-36-16-6-7-17-40(36)43(30-39)45-29-38(35-23-22-32-12-4-5-15-34(32)26-35)31-47-50(45)42-19-8-10-20-46(42)57-47/h1-31H. The smallest absolute Gasteiger partial charge is 0.164 e.